The van der Waals surface area contributed by atoms with Crippen molar-refractivity contribution in [2.24, 2.45) is 10.2 Å². The van der Waals surface area contributed by atoms with Gasteiger partial charge in [0.25, 0.3) is 13.1 Å². The normalized spacial score (nSPS) is 18.3. The van der Waals surface area contributed by atoms with Crippen molar-refractivity contribution in [2.45, 2.75) is 70.0 Å². The summed E-state index contributed by atoms with van der Waals surface area (Å²) in [7, 11) is 0. The van der Waals surface area contributed by atoms with Crippen molar-refractivity contribution in [1.29, 1.82) is 5.26 Å². The molecule has 0 bridgehead atoms. The first kappa shape index (κ1) is 28.5. The van der Waals surface area contributed by atoms with Crippen LogP contribution >= 0.6 is 23.5 Å². The number of aromatic nitrogens is 1. The quantitative estimate of drug-likeness (QED) is 0.269. The highest BCUT2D eigenvalue weighted by molar-refractivity contribution is 8.01. The molecular weight excluding hydrogens is 525 g/mol. The Kier molecular flexibility index (Phi) is 10.2. The second-order valence-corrected chi connectivity index (χ2v) is 11.2. The number of hydrogen-bond donors (Lipinski definition) is 0. The average molecular weight is 557 g/mol. The van der Waals surface area contributed by atoms with Crippen LogP contribution in [0.1, 0.15) is 44.4 Å². The Morgan fingerprint density at radius 3 is 2.55 bits per heavy atom. The van der Waals surface area contributed by atoms with Gasteiger partial charge in [0, 0.05) is 40.1 Å². The lowest BCUT2D eigenvalue weighted by molar-refractivity contribution is 0.176. The van der Waals surface area contributed by atoms with Gasteiger partial charge in [-0.2, -0.15) is 10.2 Å². The van der Waals surface area contributed by atoms with Gasteiger partial charge >= 0.3 is 0 Å². The molecule has 0 radical (unpaired) electrons. The number of halogens is 3. The van der Waals surface area contributed by atoms with Crippen molar-refractivity contribution in [3.63, 3.8) is 0 Å². The van der Waals surface area contributed by atoms with Gasteiger partial charge in [-0.25, -0.2) is 14.0 Å². The monoisotopic (exact) mass is 556 g/mol. The van der Waals surface area contributed by atoms with Crippen LogP contribution in [0.25, 0.3) is 0 Å². The number of benzene rings is 1. The summed E-state index contributed by atoms with van der Waals surface area (Å²) in [5, 5.41) is 17.7. The van der Waals surface area contributed by atoms with E-state index in [9.17, 15) is 8.78 Å². The van der Waals surface area contributed by atoms with E-state index in [0.717, 1.165) is 50.0 Å². The average Bonchev–Trinajstić information content (AvgIpc) is 3.41. The number of anilines is 1. The highest BCUT2D eigenvalue weighted by Gasteiger charge is 2.38. The predicted octanol–water partition coefficient (Wildman–Crippen LogP) is 6.63. The Balaban J connectivity index is 0.00000164. The molecule has 3 aliphatic rings. The van der Waals surface area contributed by atoms with Crippen LogP contribution in [0.15, 0.2) is 52.8 Å². The molecule has 200 valence electrons. The molecule has 3 aliphatic heterocycles. The molecule has 2 saturated heterocycles. The molecule has 5 rings (SSSR count). The Morgan fingerprint density at radius 1 is 1.18 bits per heavy atom. The molecule has 0 unspecified atom stereocenters. The Morgan fingerprint density at radius 2 is 1.95 bits per heavy atom. The van der Waals surface area contributed by atoms with E-state index in [1.807, 2.05) is 56.1 Å². The second kappa shape index (κ2) is 13.5. The molecule has 4 heterocycles. The highest BCUT2D eigenvalue weighted by Crippen LogP contribution is 2.36. The molecule has 2 fully saturated rings. The van der Waals surface area contributed by atoms with Crippen LogP contribution in [-0.4, -0.2) is 58.8 Å². The van der Waals surface area contributed by atoms with Crippen molar-refractivity contribution in [1.82, 2.24) is 9.88 Å². The van der Waals surface area contributed by atoms with E-state index in [0.29, 0.717) is 34.1 Å². The van der Waals surface area contributed by atoms with Gasteiger partial charge in [0.2, 0.25) is 0 Å². The molecule has 0 amide bonds. The van der Waals surface area contributed by atoms with Gasteiger partial charge in [0.1, 0.15) is 5.71 Å². The van der Waals surface area contributed by atoms with Crippen molar-refractivity contribution in [3.05, 3.63) is 58.9 Å². The van der Waals surface area contributed by atoms with Crippen LogP contribution in [-0.2, 0) is 6.54 Å². The molecule has 0 saturated carbocycles. The van der Waals surface area contributed by atoms with E-state index in [4.69, 9.17) is 16.9 Å². The van der Waals surface area contributed by atoms with Gasteiger partial charge < -0.3 is 9.21 Å². The van der Waals surface area contributed by atoms with Crippen molar-refractivity contribution in [2.75, 3.05) is 17.4 Å². The van der Waals surface area contributed by atoms with E-state index < -0.39 is 6.43 Å². The first-order valence-corrected chi connectivity index (χ1v) is 14.4. The zero-order valence-electron chi connectivity index (χ0n) is 21.7. The van der Waals surface area contributed by atoms with Gasteiger partial charge in [0.15, 0.2) is 0 Å². The van der Waals surface area contributed by atoms with E-state index in [1.165, 1.54) is 0 Å². The number of hydrogen-bond acceptors (Lipinski definition) is 7. The second-order valence-electron chi connectivity index (χ2n) is 9.46. The smallest absolute Gasteiger partial charge is 0.278 e. The van der Waals surface area contributed by atoms with E-state index in [2.05, 4.69) is 36.4 Å². The Labute approximate surface area is 233 Å². The van der Waals surface area contributed by atoms with E-state index in [1.54, 1.807) is 6.20 Å². The van der Waals surface area contributed by atoms with Gasteiger partial charge in [0.05, 0.1) is 18.0 Å². The molecule has 1 aromatic carbocycles. The third-order valence-electron chi connectivity index (χ3n) is 7.02. The molecule has 0 N–H and O–H groups in total. The van der Waals surface area contributed by atoms with E-state index >= 15 is 0 Å². The third-order valence-corrected chi connectivity index (χ3v) is 8.62. The summed E-state index contributed by atoms with van der Waals surface area (Å²) >= 11 is 8.13. The van der Waals surface area contributed by atoms with Gasteiger partial charge in [-0.15, -0.1) is 0 Å². The van der Waals surface area contributed by atoms with Crippen LogP contribution in [0, 0.1) is 11.2 Å². The number of rotatable bonds is 8. The third kappa shape index (κ3) is 7.13. The highest BCUT2D eigenvalue weighted by atomic mass is 35.5. The van der Waals surface area contributed by atoms with Crippen LogP contribution in [0.3, 0.4) is 0 Å². The van der Waals surface area contributed by atoms with Crippen LogP contribution in [0.4, 0.5) is 14.5 Å². The zero-order valence-corrected chi connectivity index (χ0v) is 23.3. The molecule has 2 aromatic rings. The summed E-state index contributed by atoms with van der Waals surface area (Å²) in [5.41, 5.74) is 2.92. The maximum Gasteiger partial charge on any atom is 0.278 e. The molecule has 1 aromatic heterocycles. The minimum absolute atomic E-state index is 0.0555. The number of nitrogens with zero attached hydrogens (tertiary/aromatic N) is 6. The molecule has 0 spiro atoms. The SMILES string of the molecule is CC.N#CB1CC(N2CCC(SN(Cc3ccc(C4=NN=C(C(F)F)C4)cn3)c3cccc(Cl)c3)CC2)C1. The molecule has 38 heavy (non-hydrogen) atoms. The van der Waals surface area contributed by atoms with Crippen LogP contribution in [0.2, 0.25) is 17.7 Å². The van der Waals surface area contributed by atoms with Crippen molar-refractivity contribution in [3.8, 4) is 5.97 Å². The zero-order chi connectivity index (χ0) is 27.1. The van der Waals surface area contributed by atoms with Crippen molar-refractivity contribution >= 4 is 47.4 Å². The fraction of sp³-hybridized carbons (Fsp3) is 0.481. The van der Waals surface area contributed by atoms with Crippen LogP contribution < -0.4 is 4.31 Å². The maximum absolute atomic E-state index is 12.9. The molecule has 11 heteroatoms. The molecule has 6 nitrogen and oxygen atoms in total. The molecular formula is C27H32BClF2N6S. The summed E-state index contributed by atoms with van der Waals surface area (Å²) in [4.78, 5) is 7.15. The largest absolute Gasteiger partial charge is 0.310 e. The van der Waals surface area contributed by atoms with Gasteiger partial charge in [-0.1, -0.05) is 31.5 Å². The Bertz CT molecular complexity index is 1170. The summed E-state index contributed by atoms with van der Waals surface area (Å²) in [6.45, 7) is 6.94. The fourth-order valence-electron chi connectivity index (χ4n) is 4.82. The summed E-state index contributed by atoms with van der Waals surface area (Å²) in [5.74, 6) is 2.38. The Hall–Kier alpha value is -2.48. The minimum atomic E-state index is -2.59. The summed E-state index contributed by atoms with van der Waals surface area (Å²) in [6.07, 6.45) is 3.35. The standard InChI is InChI=1S/C25H26BClF2N6S.C2H6/c27-18-2-1-3-20(10-18)35(36-22-6-8-34(9-7-22)21-12-26(13-21)16-30)15-19-5-4-17(14-31-19)23-11-24(25(28)29)33-32-23;1-2/h1-5,10,14,21-22,25H,6-9,11-13,15H2;1-2H3. The number of nitriles is 1. The first-order valence-electron chi connectivity index (χ1n) is 13.2. The number of alkyl halides is 2. The topological polar surface area (TPSA) is 67.9 Å². The number of likely N-dealkylation sites (tertiary alicyclic amines) is 1. The van der Waals surface area contributed by atoms with Crippen molar-refractivity contribution < 1.29 is 8.78 Å². The number of piperidine rings is 1. The van der Waals surface area contributed by atoms with Gasteiger partial charge in [-0.3, -0.25) is 4.98 Å². The molecule has 0 atom stereocenters. The summed E-state index contributed by atoms with van der Waals surface area (Å²) in [6, 6.07) is 12.2. The van der Waals surface area contributed by atoms with Crippen LogP contribution in [0.5, 0.6) is 0 Å². The molecule has 0 aliphatic carbocycles. The van der Waals surface area contributed by atoms with Gasteiger partial charge in [-0.05, 0) is 86.9 Å². The van der Waals surface area contributed by atoms with E-state index in [-0.39, 0.29) is 18.8 Å². The lowest BCUT2D eigenvalue weighted by atomic mass is 9.34. The summed E-state index contributed by atoms with van der Waals surface area (Å²) < 4.78 is 28.0. The number of pyridine rings is 1. The lowest BCUT2D eigenvalue weighted by Crippen LogP contribution is -2.51. The predicted molar refractivity (Wildman–Crippen MR) is 155 cm³/mol. The minimum Gasteiger partial charge on any atom is -0.310 e. The first-order chi connectivity index (χ1) is 18.5. The maximum atomic E-state index is 12.9. The lowest BCUT2D eigenvalue weighted by Gasteiger charge is -2.43. The fourth-order valence-corrected chi connectivity index (χ4v) is 6.23.